The van der Waals surface area contributed by atoms with Crippen LogP contribution in [0.2, 0.25) is 0 Å². The van der Waals surface area contributed by atoms with E-state index in [9.17, 15) is 4.79 Å². The van der Waals surface area contributed by atoms with Crippen LogP contribution in [0, 0.1) is 10.5 Å². The largest absolute Gasteiger partial charge is 0.336 e. The molecule has 0 atom stereocenters. The summed E-state index contributed by atoms with van der Waals surface area (Å²) >= 11 is 2.30. The Morgan fingerprint density at radius 3 is 2.67 bits per heavy atom. The highest BCUT2D eigenvalue weighted by Gasteiger charge is 2.26. The molecule has 1 fully saturated rings. The average molecular weight is 423 g/mol. The van der Waals surface area contributed by atoms with E-state index in [1.54, 1.807) is 0 Å². The molecule has 1 aliphatic rings. The quantitative estimate of drug-likeness (QED) is 0.752. The normalized spacial score (nSPS) is 15.4. The minimum Gasteiger partial charge on any atom is -0.336 e. The number of rotatable bonds is 4. The smallest absolute Gasteiger partial charge is 0.254 e. The molecule has 1 N–H and O–H groups in total. The van der Waals surface area contributed by atoms with Gasteiger partial charge in [0.15, 0.2) is 0 Å². The monoisotopic (exact) mass is 422 g/mol. The molecule has 0 saturated carbocycles. The van der Waals surface area contributed by atoms with Gasteiger partial charge in [0.05, 0.1) is 0 Å². The highest BCUT2D eigenvalue weighted by atomic mass is 127. The molecule has 21 heavy (non-hydrogen) atoms. The minimum absolute atomic E-state index is 0. The zero-order valence-corrected chi connectivity index (χ0v) is 15.7. The molecule has 0 spiro atoms. The van der Waals surface area contributed by atoms with E-state index in [2.05, 4.69) is 45.8 Å². The van der Waals surface area contributed by atoms with Crippen molar-refractivity contribution >= 4 is 40.9 Å². The van der Waals surface area contributed by atoms with Crippen molar-refractivity contribution in [2.75, 3.05) is 19.6 Å². The number of piperidine rings is 1. The second-order valence-corrected chi connectivity index (χ2v) is 6.55. The van der Waals surface area contributed by atoms with E-state index >= 15 is 0 Å². The summed E-state index contributed by atoms with van der Waals surface area (Å²) in [5, 5.41) is 3.37. The molecule has 0 unspecified atom stereocenters. The Kier molecular flexibility index (Phi) is 7.98. The van der Waals surface area contributed by atoms with Crippen LogP contribution in [0.1, 0.15) is 42.1 Å². The summed E-state index contributed by atoms with van der Waals surface area (Å²) < 4.78 is 1.16. The third-order valence-electron chi connectivity index (χ3n) is 3.97. The van der Waals surface area contributed by atoms with Crippen LogP contribution in [0.5, 0.6) is 0 Å². The van der Waals surface area contributed by atoms with Crippen LogP contribution < -0.4 is 5.32 Å². The van der Waals surface area contributed by atoms with Crippen molar-refractivity contribution in [2.45, 2.75) is 39.2 Å². The third-order valence-corrected chi connectivity index (χ3v) is 5.14. The van der Waals surface area contributed by atoms with E-state index in [1.165, 1.54) is 0 Å². The first-order chi connectivity index (χ1) is 9.65. The lowest BCUT2D eigenvalue weighted by atomic mass is 10.0. The number of carbonyl (C=O) groups excluding carboxylic acids is 1. The van der Waals surface area contributed by atoms with Crippen LogP contribution in [-0.2, 0) is 0 Å². The molecule has 118 valence electrons. The molecule has 1 amide bonds. The van der Waals surface area contributed by atoms with Gasteiger partial charge in [-0.3, -0.25) is 4.79 Å². The lowest BCUT2D eigenvalue weighted by Gasteiger charge is -2.35. The molecule has 1 aromatic rings. The zero-order chi connectivity index (χ0) is 14.5. The summed E-state index contributed by atoms with van der Waals surface area (Å²) in [5.41, 5.74) is 1.97. The van der Waals surface area contributed by atoms with Gasteiger partial charge in [0.2, 0.25) is 0 Å². The van der Waals surface area contributed by atoms with E-state index in [0.717, 1.165) is 53.6 Å². The average Bonchev–Trinajstić information content (AvgIpc) is 2.48. The predicted molar refractivity (Wildman–Crippen MR) is 98.4 cm³/mol. The van der Waals surface area contributed by atoms with Gasteiger partial charge < -0.3 is 10.2 Å². The van der Waals surface area contributed by atoms with Crippen molar-refractivity contribution in [2.24, 2.45) is 0 Å². The lowest BCUT2D eigenvalue weighted by Crippen LogP contribution is -2.46. The molecule has 1 heterocycles. The maximum Gasteiger partial charge on any atom is 0.254 e. The molecule has 0 radical (unpaired) electrons. The van der Waals surface area contributed by atoms with E-state index < -0.39 is 0 Å². The van der Waals surface area contributed by atoms with Crippen LogP contribution in [0.3, 0.4) is 0 Å². The van der Waals surface area contributed by atoms with Gasteiger partial charge in [0.25, 0.3) is 5.91 Å². The van der Waals surface area contributed by atoms with Gasteiger partial charge in [-0.15, -0.1) is 12.4 Å². The van der Waals surface area contributed by atoms with Crippen LogP contribution in [-0.4, -0.2) is 36.5 Å². The van der Waals surface area contributed by atoms with Gasteiger partial charge in [0.1, 0.15) is 0 Å². The van der Waals surface area contributed by atoms with E-state index in [4.69, 9.17) is 0 Å². The number of carbonyl (C=O) groups is 1. The second kappa shape index (κ2) is 8.96. The summed E-state index contributed by atoms with van der Waals surface area (Å²) in [4.78, 5) is 15.0. The first kappa shape index (κ1) is 18.7. The molecule has 0 aliphatic carbocycles. The molecule has 0 bridgehead atoms. The van der Waals surface area contributed by atoms with Crippen LogP contribution in [0.15, 0.2) is 18.2 Å². The van der Waals surface area contributed by atoms with Crippen LogP contribution in [0.4, 0.5) is 0 Å². The highest BCUT2D eigenvalue weighted by Crippen LogP contribution is 2.21. The molecule has 1 saturated heterocycles. The van der Waals surface area contributed by atoms with E-state index in [1.807, 2.05) is 19.1 Å². The Labute approximate surface area is 147 Å². The standard InChI is InChI=1S/C16H23IN2O.ClH/c1-3-11-19(13-7-9-18-10-8-13)16(20)14-5-4-6-15(17)12(14)2;/h4-6,13,18H,3,7-11H2,1-2H3;1H. The van der Waals surface area contributed by atoms with Gasteiger partial charge in [-0.1, -0.05) is 13.0 Å². The molecule has 1 aromatic carbocycles. The lowest BCUT2D eigenvalue weighted by molar-refractivity contribution is 0.0642. The van der Waals surface area contributed by atoms with Gasteiger partial charge in [-0.05, 0) is 79.6 Å². The number of nitrogens with zero attached hydrogens (tertiary/aromatic N) is 1. The fraction of sp³-hybridized carbons (Fsp3) is 0.562. The fourth-order valence-electron chi connectivity index (χ4n) is 2.80. The maximum absolute atomic E-state index is 12.9. The Morgan fingerprint density at radius 2 is 2.05 bits per heavy atom. The first-order valence-electron chi connectivity index (χ1n) is 7.42. The van der Waals surface area contributed by atoms with Crippen molar-refractivity contribution in [3.63, 3.8) is 0 Å². The highest BCUT2D eigenvalue weighted by molar-refractivity contribution is 14.1. The number of hydrogen-bond acceptors (Lipinski definition) is 2. The van der Waals surface area contributed by atoms with Gasteiger partial charge in [-0.25, -0.2) is 0 Å². The zero-order valence-electron chi connectivity index (χ0n) is 12.7. The van der Waals surface area contributed by atoms with Gasteiger partial charge >= 0.3 is 0 Å². The topological polar surface area (TPSA) is 32.3 Å². The Balaban J connectivity index is 0.00000220. The SMILES string of the molecule is CCCN(C(=O)c1cccc(I)c1C)C1CCNCC1.Cl. The summed E-state index contributed by atoms with van der Waals surface area (Å²) in [7, 11) is 0. The molecule has 3 nitrogen and oxygen atoms in total. The van der Waals surface area contributed by atoms with Crippen molar-refractivity contribution in [1.82, 2.24) is 10.2 Å². The predicted octanol–water partition coefficient (Wildman–Crippen LogP) is 3.63. The summed E-state index contributed by atoms with van der Waals surface area (Å²) in [6.45, 7) is 7.08. The van der Waals surface area contributed by atoms with Crippen molar-refractivity contribution in [1.29, 1.82) is 0 Å². The van der Waals surface area contributed by atoms with Gasteiger partial charge in [-0.2, -0.15) is 0 Å². The van der Waals surface area contributed by atoms with Crippen LogP contribution in [0.25, 0.3) is 0 Å². The Morgan fingerprint density at radius 1 is 1.38 bits per heavy atom. The van der Waals surface area contributed by atoms with Crippen LogP contribution >= 0.6 is 35.0 Å². The molecular weight excluding hydrogens is 399 g/mol. The number of halogens is 2. The summed E-state index contributed by atoms with van der Waals surface area (Å²) in [6.07, 6.45) is 3.14. The number of hydrogen-bond donors (Lipinski definition) is 1. The molecule has 1 aliphatic heterocycles. The molecule has 0 aromatic heterocycles. The molecule has 2 rings (SSSR count). The summed E-state index contributed by atoms with van der Waals surface area (Å²) in [6, 6.07) is 6.39. The minimum atomic E-state index is 0. The second-order valence-electron chi connectivity index (χ2n) is 5.39. The Hall–Kier alpha value is -0.330. The maximum atomic E-state index is 12.9. The van der Waals surface area contributed by atoms with Crippen molar-refractivity contribution in [3.8, 4) is 0 Å². The van der Waals surface area contributed by atoms with E-state index in [-0.39, 0.29) is 18.3 Å². The number of amides is 1. The number of nitrogens with one attached hydrogen (secondary N) is 1. The molecular formula is C16H24ClIN2O. The van der Waals surface area contributed by atoms with Crippen molar-refractivity contribution < 1.29 is 4.79 Å². The van der Waals surface area contributed by atoms with Gasteiger partial charge in [0, 0.05) is 21.7 Å². The Bertz CT molecular complexity index is 475. The third kappa shape index (κ3) is 4.57. The molecule has 5 heteroatoms. The first-order valence-corrected chi connectivity index (χ1v) is 8.49. The van der Waals surface area contributed by atoms with E-state index in [0.29, 0.717) is 6.04 Å². The fourth-order valence-corrected chi connectivity index (χ4v) is 3.30. The van der Waals surface area contributed by atoms with Crippen molar-refractivity contribution in [3.05, 3.63) is 32.9 Å². The summed E-state index contributed by atoms with van der Waals surface area (Å²) in [5.74, 6) is 0.203. The number of benzene rings is 1.